The Hall–Kier alpha value is -2.18. The van der Waals surface area contributed by atoms with Gasteiger partial charge < -0.3 is 16.0 Å². The molecule has 4 unspecified atom stereocenters. The van der Waals surface area contributed by atoms with Crippen molar-refractivity contribution in [3.63, 3.8) is 0 Å². The first-order valence-corrected chi connectivity index (χ1v) is 8.22. The third kappa shape index (κ3) is 2.54. The van der Waals surface area contributed by atoms with E-state index in [2.05, 4.69) is 15.3 Å². The number of carbonyl (C=O) groups excluding carboxylic acids is 2. The Kier molecular flexibility index (Phi) is 3.25. The van der Waals surface area contributed by atoms with Crippen LogP contribution in [0.2, 0.25) is 0 Å². The number of aromatic amines is 1. The normalized spacial score (nSPS) is 32.0. The third-order valence-electron chi connectivity index (χ3n) is 5.57. The number of rotatable bonds is 4. The molecular formula is C16H20N4O3. The summed E-state index contributed by atoms with van der Waals surface area (Å²) in [4.78, 5) is 42.6. The van der Waals surface area contributed by atoms with E-state index in [0.29, 0.717) is 23.6 Å². The Morgan fingerprint density at radius 3 is 2.70 bits per heavy atom. The molecule has 3 aliphatic carbocycles. The quantitative estimate of drug-likeness (QED) is 0.739. The molecule has 4 atom stereocenters. The van der Waals surface area contributed by atoms with E-state index in [0.717, 1.165) is 32.1 Å². The SMILES string of the molecule is NC(=O)C1CC2CC(NC(=O)c3cnc(C4CC4)[nH]c3=O)C2C1. The van der Waals surface area contributed by atoms with Gasteiger partial charge in [-0.1, -0.05) is 0 Å². The molecular weight excluding hydrogens is 296 g/mol. The highest BCUT2D eigenvalue weighted by Crippen LogP contribution is 2.49. The summed E-state index contributed by atoms with van der Waals surface area (Å²) >= 11 is 0. The fourth-order valence-corrected chi connectivity index (χ4v) is 4.01. The molecule has 122 valence electrons. The summed E-state index contributed by atoms with van der Waals surface area (Å²) in [6, 6.07) is 0.0272. The van der Waals surface area contributed by atoms with Gasteiger partial charge in [0.1, 0.15) is 11.4 Å². The molecule has 0 spiro atoms. The maximum atomic E-state index is 12.3. The molecule has 23 heavy (non-hydrogen) atoms. The van der Waals surface area contributed by atoms with E-state index in [1.54, 1.807) is 0 Å². The van der Waals surface area contributed by atoms with Crippen LogP contribution >= 0.6 is 0 Å². The van der Waals surface area contributed by atoms with E-state index in [1.165, 1.54) is 6.20 Å². The first-order chi connectivity index (χ1) is 11.0. The number of fused-ring (bicyclic) bond motifs is 1. The molecule has 1 heterocycles. The maximum absolute atomic E-state index is 12.3. The molecule has 0 aromatic carbocycles. The number of nitrogens with two attached hydrogens (primary N) is 1. The minimum atomic E-state index is -0.382. The number of primary amides is 1. The first kappa shape index (κ1) is 14.4. The molecule has 1 aromatic rings. The van der Waals surface area contributed by atoms with Crippen molar-refractivity contribution in [3.8, 4) is 0 Å². The van der Waals surface area contributed by atoms with Crippen LogP contribution in [0.3, 0.4) is 0 Å². The van der Waals surface area contributed by atoms with Crippen molar-refractivity contribution in [3.05, 3.63) is 27.9 Å². The minimum Gasteiger partial charge on any atom is -0.369 e. The predicted molar refractivity (Wildman–Crippen MR) is 81.6 cm³/mol. The van der Waals surface area contributed by atoms with Crippen molar-refractivity contribution in [2.75, 3.05) is 0 Å². The largest absolute Gasteiger partial charge is 0.369 e. The summed E-state index contributed by atoms with van der Waals surface area (Å²) in [5.41, 5.74) is 5.05. The zero-order chi connectivity index (χ0) is 16.1. The van der Waals surface area contributed by atoms with Crippen molar-refractivity contribution >= 4 is 11.8 Å². The molecule has 3 fully saturated rings. The van der Waals surface area contributed by atoms with Crippen molar-refractivity contribution in [1.29, 1.82) is 0 Å². The van der Waals surface area contributed by atoms with Crippen molar-refractivity contribution in [1.82, 2.24) is 15.3 Å². The average Bonchev–Trinajstić information content (AvgIpc) is 3.28. The van der Waals surface area contributed by atoms with Crippen LogP contribution < -0.4 is 16.6 Å². The van der Waals surface area contributed by atoms with Gasteiger partial charge in [0.05, 0.1) is 0 Å². The lowest BCUT2D eigenvalue weighted by Crippen LogP contribution is -2.51. The fourth-order valence-electron chi connectivity index (χ4n) is 4.01. The van der Waals surface area contributed by atoms with Crippen LogP contribution in [0.25, 0.3) is 0 Å². The van der Waals surface area contributed by atoms with Crippen molar-refractivity contribution in [2.24, 2.45) is 23.5 Å². The topological polar surface area (TPSA) is 118 Å². The van der Waals surface area contributed by atoms with Gasteiger partial charge in [-0.25, -0.2) is 4.98 Å². The predicted octanol–water partition coefficient (Wildman–Crippen LogP) is 0.277. The van der Waals surface area contributed by atoms with Crippen LogP contribution in [0.15, 0.2) is 11.0 Å². The van der Waals surface area contributed by atoms with Gasteiger partial charge in [0, 0.05) is 24.1 Å². The minimum absolute atomic E-state index is 0.0272. The number of hydrogen-bond acceptors (Lipinski definition) is 4. The molecule has 2 amide bonds. The maximum Gasteiger partial charge on any atom is 0.263 e. The standard InChI is InChI=1S/C16H20N4O3/c17-13(21)9-3-8-5-12(10(8)4-9)19-15(22)11-6-18-14(7-1-2-7)20-16(11)23/h6-10,12H,1-5H2,(H2,17,21)(H,19,22)(H,18,20,23). The number of aromatic nitrogens is 2. The lowest BCUT2D eigenvalue weighted by atomic mass is 9.71. The van der Waals surface area contributed by atoms with Crippen LogP contribution in [0.4, 0.5) is 0 Å². The second-order valence-corrected chi connectivity index (χ2v) is 7.10. The fraction of sp³-hybridized carbons (Fsp3) is 0.625. The van der Waals surface area contributed by atoms with Crippen LogP contribution in [-0.2, 0) is 4.79 Å². The molecule has 7 nitrogen and oxygen atoms in total. The molecule has 3 saturated carbocycles. The number of hydrogen-bond donors (Lipinski definition) is 3. The average molecular weight is 316 g/mol. The second kappa shape index (κ2) is 5.18. The number of carbonyl (C=O) groups is 2. The zero-order valence-electron chi connectivity index (χ0n) is 12.7. The molecule has 1 aromatic heterocycles. The van der Waals surface area contributed by atoms with Crippen LogP contribution in [0.1, 0.15) is 54.2 Å². The lowest BCUT2D eigenvalue weighted by molar-refractivity contribution is -0.121. The van der Waals surface area contributed by atoms with E-state index in [-0.39, 0.29) is 34.9 Å². The highest BCUT2D eigenvalue weighted by Gasteiger charge is 2.49. The summed E-state index contributed by atoms with van der Waals surface area (Å²) < 4.78 is 0. The molecule has 4 rings (SSSR count). The number of H-pyrrole nitrogens is 1. The third-order valence-corrected chi connectivity index (χ3v) is 5.57. The van der Waals surface area contributed by atoms with E-state index >= 15 is 0 Å². The summed E-state index contributed by atoms with van der Waals surface area (Å²) in [6.07, 6.45) is 5.87. The van der Waals surface area contributed by atoms with Crippen molar-refractivity contribution < 1.29 is 9.59 Å². The summed E-state index contributed by atoms with van der Waals surface area (Å²) in [6.45, 7) is 0. The van der Waals surface area contributed by atoms with E-state index in [1.807, 2.05) is 0 Å². The zero-order valence-corrected chi connectivity index (χ0v) is 12.7. The van der Waals surface area contributed by atoms with Crippen LogP contribution in [-0.4, -0.2) is 27.8 Å². The Morgan fingerprint density at radius 2 is 2.04 bits per heavy atom. The summed E-state index contributed by atoms with van der Waals surface area (Å²) in [7, 11) is 0. The Labute approximate surface area is 133 Å². The van der Waals surface area contributed by atoms with E-state index < -0.39 is 0 Å². The Bertz CT molecular complexity index is 724. The van der Waals surface area contributed by atoms with Gasteiger partial charge >= 0.3 is 0 Å². The van der Waals surface area contributed by atoms with Gasteiger partial charge in [-0.15, -0.1) is 0 Å². The van der Waals surface area contributed by atoms with Gasteiger partial charge in [0.25, 0.3) is 11.5 Å². The summed E-state index contributed by atoms with van der Waals surface area (Å²) in [5.74, 6) is 1.08. The molecule has 0 bridgehead atoms. The van der Waals surface area contributed by atoms with E-state index in [9.17, 15) is 14.4 Å². The highest BCUT2D eigenvalue weighted by molar-refractivity contribution is 5.93. The molecule has 0 radical (unpaired) electrons. The van der Waals surface area contributed by atoms with E-state index in [4.69, 9.17) is 5.73 Å². The summed E-state index contributed by atoms with van der Waals surface area (Å²) in [5, 5.41) is 2.92. The van der Waals surface area contributed by atoms with Gasteiger partial charge in [-0.3, -0.25) is 14.4 Å². The second-order valence-electron chi connectivity index (χ2n) is 7.10. The Morgan fingerprint density at radius 1 is 1.26 bits per heavy atom. The molecule has 3 aliphatic rings. The first-order valence-electron chi connectivity index (χ1n) is 8.22. The molecule has 0 aliphatic heterocycles. The highest BCUT2D eigenvalue weighted by atomic mass is 16.2. The van der Waals surface area contributed by atoms with Gasteiger partial charge in [0.2, 0.25) is 5.91 Å². The van der Waals surface area contributed by atoms with Crippen molar-refractivity contribution in [2.45, 2.75) is 44.1 Å². The van der Waals surface area contributed by atoms with Gasteiger partial charge in [0.15, 0.2) is 0 Å². The molecule has 0 saturated heterocycles. The van der Waals surface area contributed by atoms with Crippen LogP contribution in [0, 0.1) is 17.8 Å². The Balaban J connectivity index is 1.41. The number of nitrogens with one attached hydrogen (secondary N) is 2. The monoisotopic (exact) mass is 316 g/mol. The lowest BCUT2D eigenvalue weighted by Gasteiger charge is -2.40. The van der Waals surface area contributed by atoms with Gasteiger partial charge in [-0.05, 0) is 43.9 Å². The smallest absolute Gasteiger partial charge is 0.263 e. The van der Waals surface area contributed by atoms with Gasteiger partial charge in [-0.2, -0.15) is 0 Å². The number of amides is 2. The number of nitrogens with zero attached hydrogens (tertiary/aromatic N) is 1. The molecule has 7 heteroatoms. The van der Waals surface area contributed by atoms with Crippen LogP contribution in [0.5, 0.6) is 0 Å². The molecule has 4 N–H and O–H groups in total.